The molecule has 1 fully saturated rings. The summed E-state index contributed by atoms with van der Waals surface area (Å²) in [5.41, 5.74) is 0. The molecule has 0 aromatic heterocycles. The molecule has 0 bridgehead atoms. The standard InChI is InChI=1S/C19H23O9P/c1-24-19-18(22)17(21)16(20)15(26-19)12-25-29(23,27-13-8-4-2-5-9-13)28-14-10-6-3-7-11-14/h2-11,15-22H,12H2,1H3/t15-,16-,17+,18-,19+/m1/s1. The van der Waals surface area contributed by atoms with E-state index in [9.17, 15) is 19.9 Å². The highest BCUT2D eigenvalue weighted by Gasteiger charge is 2.45. The van der Waals surface area contributed by atoms with Crippen LogP contribution in [0.1, 0.15) is 0 Å². The highest BCUT2D eigenvalue weighted by molar-refractivity contribution is 7.49. The minimum atomic E-state index is -4.20. The second-order valence-corrected chi connectivity index (χ2v) is 7.82. The fourth-order valence-electron chi connectivity index (χ4n) is 2.71. The molecule has 0 spiro atoms. The molecule has 1 aliphatic rings. The second-order valence-electron chi connectivity index (χ2n) is 6.30. The molecule has 0 aliphatic carbocycles. The lowest BCUT2D eigenvalue weighted by Gasteiger charge is -2.39. The van der Waals surface area contributed by atoms with E-state index in [2.05, 4.69) is 0 Å². The quantitative estimate of drug-likeness (QED) is 0.541. The molecule has 0 radical (unpaired) electrons. The van der Waals surface area contributed by atoms with E-state index in [1.54, 1.807) is 60.7 Å². The van der Waals surface area contributed by atoms with Gasteiger partial charge in [-0.15, -0.1) is 0 Å². The molecule has 3 rings (SSSR count). The largest absolute Gasteiger partial charge is 0.587 e. The van der Waals surface area contributed by atoms with Gasteiger partial charge in [-0.25, -0.2) is 4.57 Å². The average molecular weight is 426 g/mol. The summed E-state index contributed by atoms with van der Waals surface area (Å²) < 4.78 is 39.9. The number of aliphatic hydroxyl groups excluding tert-OH is 3. The van der Waals surface area contributed by atoms with Crippen LogP contribution in [0.25, 0.3) is 0 Å². The Bertz CT molecular complexity index is 756. The van der Waals surface area contributed by atoms with Crippen molar-refractivity contribution in [2.45, 2.75) is 30.7 Å². The number of rotatable bonds is 8. The second kappa shape index (κ2) is 9.69. The van der Waals surface area contributed by atoms with E-state index in [1.807, 2.05) is 0 Å². The summed E-state index contributed by atoms with van der Waals surface area (Å²) in [6.45, 7) is -0.457. The fourth-order valence-corrected chi connectivity index (χ4v) is 3.94. The fraction of sp³-hybridized carbons (Fsp3) is 0.368. The molecule has 1 saturated heterocycles. The zero-order valence-electron chi connectivity index (χ0n) is 15.6. The van der Waals surface area contributed by atoms with Crippen LogP contribution in [0.2, 0.25) is 0 Å². The number of benzene rings is 2. The van der Waals surface area contributed by atoms with Crippen molar-refractivity contribution < 1.29 is 42.9 Å². The van der Waals surface area contributed by atoms with Gasteiger partial charge in [0.25, 0.3) is 0 Å². The van der Waals surface area contributed by atoms with E-state index in [0.717, 1.165) is 0 Å². The predicted molar refractivity (Wildman–Crippen MR) is 101 cm³/mol. The molecule has 2 aromatic rings. The topological polar surface area (TPSA) is 124 Å². The molecule has 10 heteroatoms. The molecule has 1 heterocycles. The first-order chi connectivity index (χ1) is 13.9. The Balaban J connectivity index is 1.75. The molecule has 0 amide bonds. The molecule has 5 atom stereocenters. The molecule has 158 valence electrons. The predicted octanol–water partition coefficient (Wildman–Crippen LogP) is 1.72. The molecular weight excluding hydrogens is 403 g/mol. The first-order valence-corrected chi connectivity index (χ1v) is 10.3. The number of hydrogen-bond acceptors (Lipinski definition) is 9. The van der Waals surface area contributed by atoms with Crippen LogP contribution >= 0.6 is 7.82 Å². The molecular formula is C19H23O9P. The van der Waals surface area contributed by atoms with E-state index >= 15 is 0 Å². The molecule has 2 aromatic carbocycles. The number of ether oxygens (including phenoxy) is 2. The number of phosphoric ester groups is 1. The van der Waals surface area contributed by atoms with Crippen LogP contribution in [0.3, 0.4) is 0 Å². The minimum Gasteiger partial charge on any atom is -0.395 e. The van der Waals surface area contributed by atoms with Crippen molar-refractivity contribution in [2.75, 3.05) is 13.7 Å². The number of phosphoric acid groups is 1. The van der Waals surface area contributed by atoms with Gasteiger partial charge >= 0.3 is 7.82 Å². The van der Waals surface area contributed by atoms with Crippen LogP contribution in [0.15, 0.2) is 60.7 Å². The van der Waals surface area contributed by atoms with E-state index in [-0.39, 0.29) is 11.5 Å². The zero-order valence-corrected chi connectivity index (χ0v) is 16.5. The summed E-state index contributed by atoms with van der Waals surface area (Å²) in [4.78, 5) is 0. The Hall–Kier alpha value is -1.97. The lowest BCUT2D eigenvalue weighted by Crippen LogP contribution is -2.59. The van der Waals surface area contributed by atoms with Crippen LogP contribution in [0, 0.1) is 0 Å². The summed E-state index contributed by atoms with van der Waals surface area (Å²) in [7, 11) is -2.92. The van der Waals surface area contributed by atoms with Gasteiger partial charge in [-0.3, -0.25) is 4.52 Å². The highest BCUT2D eigenvalue weighted by atomic mass is 31.2. The lowest BCUT2D eigenvalue weighted by atomic mass is 9.99. The highest BCUT2D eigenvalue weighted by Crippen LogP contribution is 2.50. The van der Waals surface area contributed by atoms with E-state index in [4.69, 9.17) is 23.0 Å². The van der Waals surface area contributed by atoms with E-state index in [0.29, 0.717) is 0 Å². The van der Waals surface area contributed by atoms with Crippen LogP contribution in [0.4, 0.5) is 0 Å². The maximum absolute atomic E-state index is 13.3. The molecule has 3 N–H and O–H groups in total. The number of methoxy groups -OCH3 is 1. The third-order valence-electron chi connectivity index (χ3n) is 4.22. The van der Waals surface area contributed by atoms with Gasteiger partial charge in [0, 0.05) is 7.11 Å². The molecule has 9 nitrogen and oxygen atoms in total. The van der Waals surface area contributed by atoms with Crippen LogP contribution in [-0.2, 0) is 18.6 Å². The Morgan fingerprint density at radius 1 is 0.862 bits per heavy atom. The van der Waals surface area contributed by atoms with Crippen LogP contribution < -0.4 is 9.05 Å². The van der Waals surface area contributed by atoms with Gasteiger partial charge < -0.3 is 33.8 Å². The van der Waals surface area contributed by atoms with Gasteiger partial charge in [0.1, 0.15) is 35.9 Å². The van der Waals surface area contributed by atoms with Crippen molar-refractivity contribution in [1.82, 2.24) is 0 Å². The summed E-state index contributed by atoms with van der Waals surface area (Å²) in [6, 6.07) is 16.6. The van der Waals surface area contributed by atoms with Gasteiger partial charge in [0.2, 0.25) is 0 Å². The number of aliphatic hydroxyl groups is 3. The molecule has 0 unspecified atom stereocenters. The first-order valence-electron chi connectivity index (χ1n) is 8.88. The minimum absolute atomic E-state index is 0.252. The third kappa shape index (κ3) is 5.55. The zero-order chi connectivity index (χ0) is 20.9. The van der Waals surface area contributed by atoms with E-state index < -0.39 is 45.1 Å². The molecule has 29 heavy (non-hydrogen) atoms. The van der Waals surface area contributed by atoms with Crippen molar-refractivity contribution in [2.24, 2.45) is 0 Å². The van der Waals surface area contributed by atoms with Gasteiger partial charge in [0.05, 0.1) is 6.61 Å². The van der Waals surface area contributed by atoms with Crippen molar-refractivity contribution in [1.29, 1.82) is 0 Å². The van der Waals surface area contributed by atoms with Crippen molar-refractivity contribution >= 4 is 7.82 Å². The number of hydrogen-bond donors (Lipinski definition) is 3. The summed E-state index contributed by atoms with van der Waals surface area (Å²) in [5, 5.41) is 30.0. The lowest BCUT2D eigenvalue weighted by molar-refractivity contribution is -0.293. The molecule has 0 saturated carbocycles. The summed E-state index contributed by atoms with van der Waals surface area (Å²) in [5.74, 6) is 0.504. The van der Waals surface area contributed by atoms with Crippen molar-refractivity contribution in [3.63, 3.8) is 0 Å². The average Bonchev–Trinajstić information content (AvgIpc) is 2.73. The van der Waals surface area contributed by atoms with Gasteiger partial charge in [0.15, 0.2) is 6.29 Å². The Kier molecular flexibility index (Phi) is 7.26. The molecule has 1 aliphatic heterocycles. The van der Waals surface area contributed by atoms with Crippen LogP contribution in [-0.4, -0.2) is 59.7 Å². The summed E-state index contributed by atoms with van der Waals surface area (Å²) in [6.07, 6.45) is -6.82. The monoisotopic (exact) mass is 426 g/mol. The maximum Gasteiger partial charge on any atom is 0.587 e. The summed E-state index contributed by atoms with van der Waals surface area (Å²) >= 11 is 0. The van der Waals surface area contributed by atoms with Crippen LogP contribution in [0.5, 0.6) is 11.5 Å². The maximum atomic E-state index is 13.3. The normalized spacial score (nSPS) is 27.4. The smallest absolute Gasteiger partial charge is 0.395 e. The SMILES string of the molecule is CO[C@H]1O[C@H](COP(=O)(Oc2ccccc2)Oc2ccccc2)[C@@H](O)[C@H](O)[C@H]1O. The van der Waals surface area contributed by atoms with Gasteiger partial charge in [-0.05, 0) is 24.3 Å². The van der Waals surface area contributed by atoms with Gasteiger partial charge in [-0.2, -0.15) is 0 Å². The Morgan fingerprint density at radius 3 is 1.86 bits per heavy atom. The van der Waals surface area contributed by atoms with Gasteiger partial charge in [-0.1, -0.05) is 36.4 Å². The Labute approximate surface area is 168 Å². The Morgan fingerprint density at radius 2 is 1.38 bits per heavy atom. The first kappa shape index (κ1) is 21.7. The number of para-hydroxylation sites is 2. The van der Waals surface area contributed by atoms with E-state index in [1.165, 1.54) is 7.11 Å². The third-order valence-corrected chi connectivity index (χ3v) is 5.55. The van der Waals surface area contributed by atoms with Crippen molar-refractivity contribution in [3.8, 4) is 11.5 Å². The van der Waals surface area contributed by atoms with Crippen molar-refractivity contribution in [3.05, 3.63) is 60.7 Å².